The zero-order valence-electron chi connectivity index (χ0n) is 11.4. The van der Waals surface area contributed by atoms with E-state index in [0.29, 0.717) is 6.54 Å². The third-order valence-corrected chi connectivity index (χ3v) is 3.67. The van der Waals surface area contributed by atoms with E-state index in [2.05, 4.69) is 0 Å². The van der Waals surface area contributed by atoms with Crippen LogP contribution < -0.4 is 0 Å². The first-order valence-electron chi connectivity index (χ1n) is 6.47. The molecule has 20 heavy (non-hydrogen) atoms. The van der Waals surface area contributed by atoms with E-state index in [4.69, 9.17) is 0 Å². The van der Waals surface area contributed by atoms with E-state index in [9.17, 15) is 31.4 Å². The second-order valence-corrected chi connectivity index (χ2v) is 5.73. The van der Waals surface area contributed by atoms with Gasteiger partial charge in [-0.05, 0) is 31.8 Å². The van der Waals surface area contributed by atoms with E-state index >= 15 is 0 Å². The molecule has 0 unspecified atom stereocenters. The van der Waals surface area contributed by atoms with E-state index in [1.807, 2.05) is 18.7 Å². The fourth-order valence-electron chi connectivity index (χ4n) is 2.67. The SMILES string of the molecule is CC(C)CN1CCC(C(O)(C(F)(F)F)C(F)(F)F)CC1. The first-order chi connectivity index (χ1) is 8.89. The molecular weight excluding hydrogens is 288 g/mol. The average Bonchev–Trinajstić information content (AvgIpc) is 2.25. The molecule has 1 aliphatic rings. The van der Waals surface area contributed by atoms with Gasteiger partial charge >= 0.3 is 12.4 Å². The highest BCUT2D eigenvalue weighted by molar-refractivity contribution is 5.00. The smallest absolute Gasteiger partial charge is 0.373 e. The lowest BCUT2D eigenvalue weighted by Gasteiger charge is -2.43. The largest absolute Gasteiger partial charge is 0.426 e. The molecular formula is C12H19F6NO. The van der Waals surface area contributed by atoms with Crippen LogP contribution in [-0.2, 0) is 0 Å². The maximum atomic E-state index is 12.7. The molecule has 0 amide bonds. The number of rotatable bonds is 3. The minimum Gasteiger partial charge on any atom is -0.373 e. The van der Waals surface area contributed by atoms with Crippen LogP contribution in [0.3, 0.4) is 0 Å². The van der Waals surface area contributed by atoms with Crippen molar-refractivity contribution in [3.05, 3.63) is 0 Å². The van der Waals surface area contributed by atoms with Gasteiger partial charge in [0, 0.05) is 12.5 Å². The lowest BCUT2D eigenvalue weighted by Crippen LogP contribution is -2.63. The summed E-state index contributed by atoms with van der Waals surface area (Å²) in [6.07, 6.45) is -12.1. The van der Waals surface area contributed by atoms with Gasteiger partial charge in [-0.2, -0.15) is 26.3 Å². The highest BCUT2D eigenvalue weighted by Gasteiger charge is 2.73. The minimum absolute atomic E-state index is 0.136. The fraction of sp³-hybridized carbons (Fsp3) is 1.00. The average molecular weight is 307 g/mol. The van der Waals surface area contributed by atoms with Crippen molar-refractivity contribution in [3.63, 3.8) is 0 Å². The van der Waals surface area contributed by atoms with Crippen LogP contribution in [0.25, 0.3) is 0 Å². The molecule has 0 bridgehead atoms. The number of hydrogen-bond acceptors (Lipinski definition) is 2. The Morgan fingerprint density at radius 1 is 1.00 bits per heavy atom. The zero-order valence-corrected chi connectivity index (χ0v) is 11.4. The molecule has 0 aromatic rings. The van der Waals surface area contributed by atoms with Gasteiger partial charge in [0.25, 0.3) is 5.60 Å². The number of hydrogen-bond donors (Lipinski definition) is 1. The van der Waals surface area contributed by atoms with Crippen LogP contribution in [0.5, 0.6) is 0 Å². The number of likely N-dealkylation sites (tertiary alicyclic amines) is 1. The monoisotopic (exact) mass is 307 g/mol. The van der Waals surface area contributed by atoms with Crippen LogP contribution >= 0.6 is 0 Å². The Labute approximate surface area is 113 Å². The van der Waals surface area contributed by atoms with Gasteiger partial charge in [-0.3, -0.25) is 0 Å². The van der Waals surface area contributed by atoms with Gasteiger partial charge in [-0.1, -0.05) is 13.8 Å². The summed E-state index contributed by atoms with van der Waals surface area (Å²) >= 11 is 0. The highest BCUT2D eigenvalue weighted by atomic mass is 19.4. The number of aliphatic hydroxyl groups is 1. The molecule has 0 radical (unpaired) electrons. The molecule has 1 N–H and O–H groups in total. The summed E-state index contributed by atoms with van der Waals surface area (Å²) in [7, 11) is 0. The van der Waals surface area contributed by atoms with Crippen molar-refractivity contribution in [1.82, 2.24) is 4.90 Å². The Kier molecular flexibility index (Phi) is 5.01. The lowest BCUT2D eigenvalue weighted by molar-refractivity contribution is -0.387. The Bertz CT molecular complexity index is 303. The summed E-state index contributed by atoms with van der Waals surface area (Å²) in [6.45, 7) is 4.75. The zero-order chi connectivity index (χ0) is 15.8. The van der Waals surface area contributed by atoms with Gasteiger partial charge in [-0.15, -0.1) is 0 Å². The van der Waals surface area contributed by atoms with Crippen LogP contribution in [0.1, 0.15) is 26.7 Å². The molecule has 2 nitrogen and oxygen atoms in total. The summed E-state index contributed by atoms with van der Waals surface area (Å²) in [5, 5.41) is 9.31. The normalized spacial score (nSPS) is 20.7. The number of nitrogens with zero attached hydrogens (tertiary/aromatic N) is 1. The molecule has 1 fully saturated rings. The molecule has 0 aliphatic carbocycles. The summed E-state index contributed by atoms with van der Waals surface area (Å²) in [6, 6.07) is 0. The standard InChI is InChI=1S/C12H19F6NO/c1-8(2)7-19-5-3-9(4-6-19)10(20,11(13,14)15)12(16,17)18/h8-9,20H,3-7H2,1-2H3. The second-order valence-electron chi connectivity index (χ2n) is 5.73. The van der Waals surface area contributed by atoms with E-state index in [1.165, 1.54) is 0 Å². The fourth-order valence-corrected chi connectivity index (χ4v) is 2.67. The van der Waals surface area contributed by atoms with Crippen molar-refractivity contribution >= 4 is 0 Å². The Morgan fingerprint density at radius 3 is 1.70 bits per heavy atom. The molecule has 0 aromatic heterocycles. The minimum atomic E-state index is -5.71. The molecule has 8 heteroatoms. The highest BCUT2D eigenvalue weighted by Crippen LogP contribution is 2.50. The van der Waals surface area contributed by atoms with Crippen LogP contribution in [0.4, 0.5) is 26.3 Å². The van der Waals surface area contributed by atoms with E-state index in [-0.39, 0.29) is 31.8 Å². The Hall–Kier alpha value is -0.500. The first-order valence-corrected chi connectivity index (χ1v) is 6.47. The number of alkyl halides is 6. The summed E-state index contributed by atoms with van der Waals surface area (Å²) in [5.74, 6) is -1.55. The third kappa shape index (κ3) is 3.39. The summed E-state index contributed by atoms with van der Waals surface area (Å²) in [5.41, 5.74) is -4.61. The summed E-state index contributed by atoms with van der Waals surface area (Å²) in [4.78, 5) is 1.83. The van der Waals surface area contributed by atoms with E-state index < -0.39 is 23.9 Å². The molecule has 0 spiro atoms. The molecule has 0 atom stereocenters. The van der Waals surface area contributed by atoms with Crippen molar-refractivity contribution in [2.24, 2.45) is 11.8 Å². The molecule has 1 heterocycles. The van der Waals surface area contributed by atoms with E-state index in [1.54, 1.807) is 0 Å². The van der Waals surface area contributed by atoms with Gasteiger partial charge in [-0.25, -0.2) is 0 Å². The predicted octanol–water partition coefficient (Wildman–Crippen LogP) is 3.21. The van der Waals surface area contributed by atoms with Crippen LogP contribution in [0, 0.1) is 11.8 Å². The predicted molar refractivity (Wildman–Crippen MR) is 61.1 cm³/mol. The van der Waals surface area contributed by atoms with Gasteiger partial charge in [0.15, 0.2) is 0 Å². The van der Waals surface area contributed by atoms with Gasteiger partial charge in [0.05, 0.1) is 0 Å². The molecule has 1 saturated heterocycles. The third-order valence-electron chi connectivity index (χ3n) is 3.67. The van der Waals surface area contributed by atoms with E-state index in [0.717, 1.165) is 0 Å². The topological polar surface area (TPSA) is 23.5 Å². The van der Waals surface area contributed by atoms with Gasteiger partial charge in [0.1, 0.15) is 0 Å². The Balaban J connectivity index is 2.83. The van der Waals surface area contributed by atoms with Crippen LogP contribution in [0.2, 0.25) is 0 Å². The maximum Gasteiger partial charge on any atom is 0.426 e. The molecule has 1 rings (SSSR count). The second kappa shape index (κ2) is 5.71. The maximum absolute atomic E-state index is 12.7. The molecule has 120 valence electrons. The Morgan fingerprint density at radius 2 is 1.40 bits per heavy atom. The van der Waals surface area contributed by atoms with Crippen molar-refractivity contribution in [3.8, 4) is 0 Å². The van der Waals surface area contributed by atoms with Crippen molar-refractivity contribution in [1.29, 1.82) is 0 Å². The molecule has 0 aromatic carbocycles. The van der Waals surface area contributed by atoms with Gasteiger partial charge < -0.3 is 10.0 Å². The first kappa shape index (κ1) is 17.6. The lowest BCUT2D eigenvalue weighted by atomic mass is 9.79. The van der Waals surface area contributed by atoms with Crippen LogP contribution in [-0.4, -0.2) is 47.6 Å². The van der Waals surface area contributed by atoms with Crippen molar-refractivity contribution in [2.75, 3.05) is 19.6 Å². The van der Waals surface area contributed by atoms with Crippen LogP contribution in [0.15, 0.2) is 0 Å². The van der Waals surface area contributed by atoms with Crippen molar-refractivity contribution in [2.45, 2.75) is 44.6 Å². The van der Waals surface area contributed by atoms with Crippen molar-refractivity contribution < 1.29 is 31.4 Å². The van der Waals surface area contributed by atoms with Gasteiger partial charge in [0.2, 0.25) is 0 Å². The summed E-state index contributed by atoms with van der Waals surface area (Å²) < 4.78 is 76.3. The molecule has 0 saturated carbocycles. The number of halogens is 6. The quantitative estimate of drug-likeness (QED) is 0.809. The molecule has 1 aliphatic heterocycles. The number of piperidine rings is 1.